The molecule has 0 fully saturated rings. The third kappa shape index (κ3) is 4.02. The van der Waals surface area contributed by atoms with Crippen LogP contribution in [0.25, 0.3) is 22.1 Å². The Morgan fingerprint density at radius 3 is 2.52 bits per heavy atom. The Kier molecular flexibility index (Phi) is 4.63. The Balaban J connectivity index is 1.62. The Morgan fingerprint density at radius 2 is 1.83 bits per heavy atom. The maximum absolute atomic E-state index is 13.2. The third-order valence-electron chi connectivity index (χ3n) is 4.36. The van der Waals surface area contributed by atoms with E-state index < -0.39 is 11.2 Å². The van der Waals surface area contributed by atoms with Gasteiger partial charge in [0.1, 0.15) is 17.0 Å². The quantitative estimate of drug-likeness (QED) is 0.495. The van der Waals surface area contributed by atoms with Gasteiger partial charge in [-0.25, -0.2) is 9.18 Å². The zero-order chi connectivity index (χ0) is 20.6. The van der Waals surface area contributed by atoms with Gasteiger partial charge in [0.05, 0.1) is 0 Å². The summed E-state index contributed by atoms with van der Waals surface area (Å²) in [5.41, 5.74) is 0.908. The summed E-state index contributed by atoms with van der Waals surface area (Å²) in [5.74, 6) is -0.239. The zero-order valence-corrected chi connectivity index (χ0v) is 15.8. The largest absolute Gasteiger partial charge is 0.423 e. The second-order valence-electron chi connectivity index (χ2n) is 7.14. The van der Waals surface area contributed by atoms with E-state index in [0.29, 0.717) is 17.7 Å². The molecule has 0 saturated heterocycles. The Labute approximate surface area is 164 Å². The highest BCUT2D eigenvalue weighted by Gasteiger charge is 2.23. The van der Waals surface area contributed by atoms with Crippen LogP contribution in [0.5, 0.6) is 0 Å². The van der Waals surface area contributed by atoms with Crippen LogP contribution >= 0.6 is 0 Å². The van der Waals surface area contributed by atoms with Crippen molar-refractivity contribution >= 4 is 17.0 Å². The molecule has 0 aliphatic carbocycles. The van der Waals surface area contributed by atoms with Crippen LogP contribution in [0, 0.1) is 5.82 Å². The van der Waals surface area contributed by atoms with Crippen molar-refractivity contribution in [2.45, 2.75) is 26.0 Å². The fraction of sp³-hybridized carbons (Fsp3) is 0.190. The minimum atomic E-state index is -1.23. The second kappa shape index (κ2) is 7.14. The molecule has 4 rings (SSSR count). The first-order valence-electron chi connectivity index (χ1n) is 8.92. The van der Waals surface area contributed by atoms with Crippen LogP contribution in [0.1, 0.15) is 25.3 Å². The normalized spacial score (nSPS) is 11.7. The minimum absolute atomic E-state index is 0.105. The average Bonchev–Trinajstić information content (AvgIpc) is 3.16. The van der Waals surface area contributed by atoms with E-state index in [4.69, 9.17) is 8.83 Å². The molecule has 8 heteroatoms. The maximum Gasteiger partial charge on any atom is 0.336 e. The first kappa shape index (κ1) is 18.8. The van der Waals surface area contributed by atoms with Crippen molar-refractivity contribution in [1.29, 1.82) is 0 Å². The molecule has 148 valence electrons. The first-order chi connectivity index (χ1) is 13.8. The van der Waals surface area contributed by atoms with E-state index in [1.54, 1.807) is 32.0 Å². The summed E-state index contributed by atoms with van der Waals surface area (Å²) in [5, 5.41) is 21.2. The standard InChI is InChI=1S/C21H18FN3O4/c1-21(2,27)19-24-25-20(29-19)23-11-12-3-8-15-16(10-18(26)28-17(15)9-12)13-4-6-14(22)7-5-13/h3-10,27H,11H2,1-2H3,(H,23,25). The molecule has 0 bridgehead atoms. The van der Waals surface area contributed by atoms with Crippen LogP contribution in [0.3, 0.4) is 0 Å². The monoisotopic (exact) mass is 395 g/mol. The van der Waals surface area contributed by atoms with E-state index in [0.717, 1.165) is 16.5 Å². The molecule has 0 unspecified atom stereocenters. The summed E-state index contributed by atoms with van der Waals surface area (Å²) < 4.78 is 23.9. The van der Waals surface area contributed by atoms with E-state index in [9.17, 15) is 14.3 Å². The predicted molar refractivity (Wildman–Crippen MR) is 105 cm³/mol. The number of nitrogens with one attached hydrogen (secondary N) is 1. The molecule has 2 aromatic heterocycles. The highest BCUT2D eigenvalue weighted by Crippen LogP contribution is 2.28. The van der Waals surface area contributed by atoms with Crippen LogP contribution in [0.2, 0.25) is 0 Å². The molecular formula is C21H18FN3O4. The molecular weight excluding hydrogens is 377 g/mol. The van der Waals surface area contributed by atoms with Gasteiger partial charge in [-0.1, -0.05) is 29.4 Å². The maximum atomic E-state index is 13.2. The van der Waals surface area contributed by atoms with Crippen LogP contribution in [0.4, 0.5) is 10.4 Å². The van der Waals surface area contributed by atoms with Crippen LogP contribution in [-0.2, 0) is 12.1 Å². The molecule has 7 nitrogen and oxygen atoms in total. The highest BCUT2D eigenvalue weighted by atomic mass is 19.1. The van der Waals surface area contributed by atoms with Crippen molar-refractivity contribution < 1.29 is 18.3 Å². The number of fused-ring (bicyclic) bond motifs is 1. The third-order valence-corrected chi connectivity index (χ3v) is 4.36. The molecule has 0 amide bonds. The van der Waals surface area contributed by atoms with Crippen molar-refractivity contribution in [2.75, 3.05) is 5.32 Å². The predicted octanol–water partition coefficient (Wildman–Crippen LogP) is 3.82. The summed E-state index contributed by atoms with van der Waals surface area (Å²) in [4.78, 5) is 12.0. The molecule has 0 spiro atoms. The number of hydrogen-bond acceptors (Lipinski definition) is 7. The van der Waals surface area contributed by atoms with Gasteiger partial charge in [-0.05, 0) is 48.7 Å². The van der Waals surface area contributed by atoms with Crippen molar-refractivity contribution in [3.05, 3.63) is 76.2 Å². The van der Waals surface area contributed by atoms with Crippen molar-refractivity contribution in [2.24, 2.45) is 0 Å². The fourth-order valence-corrected chi connectivity index (χ4v) is 2.90. The number of aromatic nitrogens is 2. The molecule has 0 saturated carbocycles. The molecule has 0 radical (unpaired) electrons. The minimum Gasteiger partial charge on any atom is -0.423 e. The van der Waals surface area contributed by atoms with Gasteiger partial charge in [0.2, 0.25) is 5.89 Å². The molecule has 0 atom stereocenters. The molecule has 4 aromatic rings. The summed E-state index contributed by atoms with van der Waals surface area (Å²) in [7, 11) is 0. The van der Waals surface area contributed by atoms with Gasteiger partial charge in [-0.3, -0.25) is 0 Å². The SMILES string of the molecule is CC(C)(O)c1nnc(NCc2ccc3c(-c4ccc(F)cc4)cc(=O)oc3c2)o1. The van der Waals surface area contributed by atoms with E-state index in [2.05, 4.69) is 15.5 Å². The lowest BCUT2D eigenvalue weighted by molar-refractivity contribution is 0.0489. The molecule has 2 aromatic carbocycles. The van der Waals surface area contributed by atoms with E-state index in [-0.39, 0.29) is 17.7 Å². The van der Waals surface area contributed by atoms with Gasteiger partial charge < -0.3 is 19.3 Å². The molecule has 0 aliphatic heterocycles. The van der Waals surface area contributed by atoms with Gasteiger partial charge in [0.15, 0.2) is 0 Å². The van der Waals surface area contributed by atoms with Gasteiger partial charge in [0, 0.05) is 18.0 Å². The highest BCUT2D eigenvalue weighted by molar-refractivity contribution is 5.93. The van der Waals surface area contributed by atoms with Crippen molar-refractivity contribution in [3.63, 3.8) is 0 Å². The molecule has 2 N–H and O–H groups in total. The smallest absolute Gasteiger partial charge is 0.336 e. The zero-order valence-electron chi connectivity index (χ0n) is 15.8. The lowest BCUT2D eigenvalue weighted by Crippen LogP contribution is -2.15. The molecule has 29 heavy (non-hydrogen) atoms. The number of benzene rings is 2. The van der Waals surface area contributed by atoms with Gasteiger partial charge in [-0.15, -0.1) is 5.10 Å². The summed E-state index contributed by atoms with van der Waals surface area (Å²) in [6, 6.07) is 12.9. The number of hydrogen-bond donors (Lipinski definition) is 2. The average molecular weight is 395 g/mol. The van der Waals surface area contributed by atoms with Crippen LogP contribution in [0.15, 0.2) is 62.2 Å². The molecule has 0 aliphatic rings. The lowest BCUT2D eigenvalue weighted by Gasteiger charge is -2.10. The first-order valence-corrected chi connectivity index (χ1v) is 8.92. The fourth-order valence-electron chi connectivity index (χ4n) is 2.90. The van der Waals surface area contributed by atoms with E-state index in [1.807, 2.05) is 12.1 Å². The number of aliphatic hydroxyl groups is 1. The Bertz CT molecular complexity index is 1220. The summed E-state index contributed by atoms with van der Waals surface area (Å²) >= 11 is 0. The Hall–Kier alpha value is -3.52. The van der Waals surface area contributed by atoms with Crippen molar-refractivity contribution in [1.82, 2.24) is 10.2 Å². The number of nitrogens with zero attached hydrogens (tertiary/aromatic N) is 2. The lowest BCUT2D eigenvalue weighted by atomic mass is 10.0. The van der Waals surface area contributed by atoms with Gasteiger partial charge in [-0.2, -0.15) is 0 Å². The second-order valence-corrected chi connectivity index (χ2v) is 7.14. The number of rotatable bonds is 5. The van der Waals surface area contributed by atoms with Crippen molar-refractivity contribution in [3.8, 4) is 11.1 Å². The topological polar surface area (TPSA) is 101 Å². The summed E-state index contributed by atoms with van der Waals surface area (Å²) in [6.45, 7) is 3.44. The number of anilines is 1. The van der Waals surface area contributed by atoms with E-state index in [1.165, 1.54) is 18.2 Å². The van der Waals surface area contributed by atoms with Gasteiger partial charge >= 0.3 is 11.6 Å². The Morgan fingerprint density at radius 1 is 1.07 bits per heavy atom. The number of halogens is 1. The molecule has 2 heterocycles. The summed E-state index contributed by atoms with van der Waals surface area (Å²) in [6.07, 6.45) is 0. The van der Waals surface area contributed by atoms with Crippen LogP contribution < -0.4 is 10.9 Å². The van der Waals surface area contributed by atoms with Crippen LogP contribution in [-0.4, -0.2) is 15.3 Å². The van der Waals surface area contributed by atoms with E-state index >= 15 is 0 Å². The van der Waals surface area contributed by atoms with Gasteiger partial charge in [0.25, 0.3) is 0 Å².